The highest BCUT2D eigenvalue weighted by atomic mass is 19.1. The maximum atomic E-state index is 13.5. The van der Waals surface area contributed by atoms with E-state index in [-0.39, 0.29) is 5.56 Å². The van der Waals surface area contributed by atoms with Crippen LogP contribution in [0.25, 0.3) is 22.3 Å². The van der Waals surface area contributed by atoms with Crippen molar-refractivity contribution in [3.8, 4) is 11.3 Å². The zero-order chi connectivity index (χ0) is 14.3. The summed E-state index contributed by atoms with van der Waals surface area (Å²) in [6, 6.07) is 11.2. The minimum absolute atomic E-state index is 0.0998. The largest absolute Gasteiger partial charge is 0.478 e. The van der Waals surface area contributed by atoms with Crippen LogP contribution in [0.5, 0.6) is 0 Å². The molecular formula is C16H11FO3. The van der Waals surface area contributed by atoms with Crippen molar-refractivity contribution in [2.24, 2.45) is 0 Å². The second-order valence-corrected chi connectivity index (χ2v) is 4.64. The Kier molecular flexibility index (Phi) is 2.79. The molecule has 4 heteroatoms. The first-order valence-electron chi connectivity index (χ1n) is 6.08. The topological polar surface area (TPSA) is 50.4 Å². The maximum absolute atomic E-state index is 13.5. The maximum Gasteiger partial charge on any atom is 0.335 e. The summed E-state index contributed by atoms with van der Waals surface area (Å²) >= 11 is 0. The number of carboxylic acid groups (broad SMARTS) is 1. The minimum Gasteiger partial charge on any atom is -0.478 e. The number of furan rings is 1. The van der Waals surface area contributed by atoms with Gasteiger partial charge in [-0.15, -0.1) is 0 Å². The molecule has 100 valence electrons. The van der Waals surface area contributed by atoms with Crippen molar-refractivity contribution in [2.45, 2.75) is 6.92 Å². The van der Waals surface area contributed by atoms with Gasteiger partial charge in [0, 0.05) is 10.9 Å². The van der Waals surface area contributed by atoms with Gasteiger partial charge in [0.25, 0.3) is 0 Å². The van der Waals surface area contributed by atoms with E-state index >= 15 is 0 Å². The molecule has 1 aromatic heterocycles. The molecule has 3 nitrogen and oxygen atoms in total. The summed E-state index contributed by atoms with van der Waals surface area (Å²) in [6.45, 7) is 1.92. The average Bonchev–Trinajstić information content (AvgIpc) is 2.83. The number of aryl methyl sites for hydroxylation is 1. The first-order valence-corrected chi connectivity index (χ1v) is 6.08. The van der Waals surface area contributed by atoms with Crippen molar-refractivity contribution in [1.82, 2.24) is 0 Å². The number of hydrogen-bond acceptors (Lipinski definition) is 2. The summed E-state index contributed by atoms with van der Waals surface area (Å²) in [7, 11) is 0. The molecule has 0 aliphatic carbocycles. The predicted octanol–water partition coefficient (Wildman–Crippen LogP) is 4.25. The van der Waals surface area contributed by atoms with Crippen LogP contribution in [0.3, 0.4) is 0 Å². The molecule has 20 heavy (non-hydrogen) atoms. The monoisotopic (exact) mass is 270 g/mol. The molecule has 0 atom stereocenters. The Labute approximate surface area is 114 Å². The molecule has 1 heterocycles. The van der Waals surface area contributed by atoms with Crippen LogP contribution in [-0.4, -0.2) is 11.1 Å². The molecule has 0 radical (unpaired) electrons. The van der Waals surface area contributed by atoms with E-state index in [1.807, 2.05) is 25.1 Å². The van der Waals surface area contributed by atoms with Crippen molar-refractivity contribution < 1.29 is 18.7 Å². The van der Waals surface area contributed by atoms with Crippen LogP contribution in [0.1, 0.15) is 15.9 Å². The lowest BCUT2D eigenvalue weighted by molar-refractivity contribution is 0.0696. The average molecular weight is 270 g/mol. The third kappa shape index (κ3) is 2.05. The van der Waals surface area contributed by atoms with Gasteiger partial charge in [-0.2, -0.15) is 0 Å². The number of hydrogen-bond donors (Lipinski definition) is 1. The second kappa shape index (κ2) is 4.49. The lowest BCUT2D eigenvalue weighted by Crippen LogP contribution is -1.97. The molecule has 0 spiro atoms. The van der Waals surface area contributed by atoms with Crippen LogP contribution in [0.2, 0.25) is 0 Å². The summed E-state index contributed by atoms with van der Waals surface area (Å²) in [6.07, 6.45) is 0. The fourth-order valence-corrected chi connectivity index (χ4v) is 2.21. The van der Waals surface area contributed by atoms with Gasteiger partial charge in [-0.05, 0) is 36.8 Å². The van der Waals surface area contributed by atoms with E-state index in [4.69, 9.17) is 9.52 Å². The molecule has 0 aliphatic heterocycles. The summed E-state index contributed by atoms with van der Waals surface area (Å²) < 4.78 is 19.2. The van der Waals surface area contributed by atoms with E-state index in [9.17, 15) is 9.18 Å². The van der Waals surface area contributed by atoms with Gasteiger partial charge in [-0.1, -0.05) is 18.2 Å². The smallest absolute Gasteiger partial charge is 0.335 e. The van der Waals surface area contributed by atoms with E-state index in [2.05, 4.69) is 0 Å². The van der Waals surface area contributed by atoms with Gasteiger partial charge in [0.1, 0.15) is 17.2 Å². The molecule has 0 amide bonds. The molecule has 2 aromatic carbocycles. The van der Waals surface area contributed by atoms with Crippen LogP contribution < -0.4 is 0 Å². The van der Waals surface area contributed by atoms with E-state index < -0.39 is 11.8 Å². The Balaban J connectivity index is 2.20. The molecule has 3 rings (SSSR count). The van der Waals surface area contributed by atoms with Gasteiger partial charge in [-0.3, -0.25) is 0 Å². The number of benzene rings is 2. The number of fused-ring (bicyclic) bond motifs is 1. The summed E-state index contributed by atoms with van der Waals surface area (Å²) in [4.78, 5) is 11.0. The minimum atomic E-state index is -1.17. The van der Waals surface area contributed by atoms with Crippen molar-refractivity contribution >= 4 is 16.9 Å². The molecule has 0 bridgehead atoms. The third-order valence-electron chi connectivity index (χ3n) is 3.17. The van der Waals surface area contributed by atoms with Crippen LogP contribution in [0.4, 0.5) is 4.39 Å². The van der Waals surface area contributed by atoms with Crippen LogP contribution in [0.15, 0.2) is 46.9 Å². The molecule has 0 saturated carbocycles. The normalized spacial score (nSPS) is 10.9. The molecule has 1 N–H and O–H groups in total. The summed E-state index contributed by atoms with van der Waals surface area (Å²) in [5.74, 6) is -1.31. The molecule has 0 saturated heterocycles. The zero-order valence-electron chi connectivity index (χ0n) is 10.7. The molecule has 3 aromatic rings. The number of carbonyl (C=O) groups is 1. The van der Waals surface area contributed by atoms with Crippen LogP contribution in [-0.2, 0) is 0 Å². The van der Waals surface area contributed by atoms with Gasteiger partial charge < -0.3 is 9.52 Å². The van der Waals surface area contributed by atoms with E-state index in [1.54, 1.807) is 6.07 Å². The van der Waals surface area contributed by atoms with Crippen molar-refractivity contribution in [2.75, 3.05) is 0 Å². The van der Waals surface area contributed by atoms with E-state index in [1.165, 1.54) is 12.1 Å². The Bertz CT molecular complexity index is 818. The zero-order valence-corrected chi connectivity index (χ0v) is 10.7. The number of para-hydroxylation sites is 1. The standard InChI is InChI=1S/C16H11FO3/c1-9-3-2-4-10-8-14(20-15(9)10)11-5-12(16(18)19)7-13(17)6-11/h2-8H,1H3,(H,18,19). The van der Waals surface area contributed by atoms with Gasteiger partial charge in [0.15, 0.2) is 0 Å². The summed E-state index contributed by atoms with van der Waals surface area (Å²) in [5.41, 5.74) is 2.02. The highest BCUT2D eigenvalue weighted by molar-refractivity contribution is 5.90. The van der Waals surface area contributed by atoms with Gasteiger partial charge in [-0.25, -0.2) is 9.18 Å². The fraction of sp³-hybridized carbons (Fsp3) is 0.0625. The first-order chi connectivity index (χ1) is 9.54. The second-order valence-electron chi connectivity index (χ2n) is 4.64. The Hall–Kier alpha value is -2.62. The number of aromatic carboxylic acids is 1. The predicted molar refractivity (Wildman–Crippen MR) is 73.3 cm³/mol. The van der Waals surface area contributed by atoms with Crippen molar-refractivity contribution in [1.29, 1.82) is 0 Å². The Morgan fingerprint density at radius 2 is 2.00 bits per heavy atom. The fourth-order valence-electron chi connectivity index (χ4n) is 2.21. The van der Waals surface area contributed by atoms with Gasteiger partial charge in [0.05, 0.1) is 5.56 Å². The highest BCUT2D eigenvalue weighted by Gasteiger charge is 2.12. The summed E-state index contributed by atoms with van der Waals surface area (Å²) in [5, 5.41) is 9.87. The number of carboxylic acids is 1. The first kappa shape index (κ1) is 12.4. The quantitative estimate of drug-likeness (QED) is 0.757. The highest BCUT2D eigenvalue weighted by Crippen LogP contribution is 2.30. The van der Waals surface area contributed by atoms with E-state index in [0.29, 0.717) is 11.3 Å². The van der Waals surface area contributed by atoms with Gasteiger partial charge >= 0.3 is 5.97 Å². The number of halogens is 1. The lowest BCUT2D eigenvalue weighted by atomic mass is 10.1. The van der Waals surface area contributed by atoms with Gasteiger partial charge in [0.2, 0.25) is 0 Å². The molecule has 0 aliphatic rings. The molecular weight excluding hydrogens is 259 g/mol. The third-order valence-corrected chi connectivity index (χ3v) is 3.17. The van der Waals surface area contributed by atoms with Crippen LogP contribution >= 0.6 is 0 Å². The Morgan fingerprint density at radius 3 is 2.70 bits per heavy atom. The van der Waals surface area contributed by atoms with Crippen molar-refractivity contribution in [3.05, 3.63) is 59.4 Å². The lowest BCUT2D eigenvalue weighted by Gasteiger charge is -2.00. The molecule has 0 fully saturated rings. The number of rotatable bonds is 2. The molecule has 0 unspecified atom stereocenters. The van der Waals surface area contributed by atoms with E-state index in [0.717, 1.165) is 22.6 Å². The SMILES string of the molecule is Cc1cccc2cc(-c3cc(F)cc(C(=O)O)c3)oc12. The van der Waals surface area contributed by atoms with Crippen molar-refractivity contribution in [3.63, 3.8) is 0 Å². The Morgan fingerprint density at radius 1 is 1.20 bits per heavy atom. The van der Waals surface area contributed by atoms with Crippen LogP contribution in [0, 0.1) is 12.7 Å².